The van der Waals surface area contributed by atoms with Crippen molar-refractivity contribution in [3.05, 3.63) is 36.9 Å². The summed E-state index contributed by atoms with van der Waals surface area (Å²) in [6.45, 7) is 0. The predicted molar refractivity (Wildman–Crippen MR) is 63.0 cm³/mol. The molecule has 18 heavy (non-hydrogen) atoms. The highest BCUT2D eigenvalue weighted by molar-refractivity contribution is 5.66. The molecule has 3 aromatic heterocycles. The van der Waals surface area contributed by atoms with Crippen LogP contribution < -0.4 is 5.73 Å². The molecule has 0 aliphatic heterocycles. The molecule has 7 heteroatoms. The van der Waals surface area contributed by atoms with E-state index in [0.29, 0.717) is 28.9 Å². The normalized spacial score (nSPS) is 10.4. The predicted octanol–water partition coefficient (Wildman–Crippen LogP) is 1.17. The van der Waals surface area contributed by atoms with Gasteiger partial charge >= 0.3 is 0 Å². The summed E-state index contributed by atoms with van der Waals surface area (Å²) in [5, 5.41) is 7.82. The van der Waals surface area contributed by atoms with E-state index in [2.05, 4.69) is 25.1 Å². The van der Waals surface area contributed by atoms with Crippen LogP contribution in [0.4, 0.5) is 5.82 Å². The second-order valence-electron chi connectivity index (χ2n) is 3.44. The van der Waals surface area contributed by atoms with Crippen LogP contribution in [-0.2, 0) is 0 Å². The monoisotopic (exact) mass is 240 g/mol. The zero-order chi connectivity index (χ0) is 12.4. The van der Waals surface area contributed by atoms with E-state index in [4.69, 9.17) is 10.2 Å². The van der Waals surface area contributed by atoms with Crippen LogP contribution in [0.5, 0.6) is 0 Å². The Bertz CT molecular complexity index is 666. The summed E-state index contributed by atoms with van der Waals surface area (Å²) in [6.07, 6.45) is 6.26. The third-order valence-electron chi connectivity index (χ3n) is 2.28. The molecule has 0 spiro atoms. The number of pyridine rings is 1. The molecule has 0 bridgehead atoms. The molecule has 0 aliphatic carbocycles. The van der Waals surface area contributed by atoms with Crippen LogP contribution in [0.3, 0.4) is 0 Å². The van der Waals surface area contributed by atoms with Gasteiger partial charge in [0.2, 0.25) is 0 Å². The minimum atomic E-state index is 0.293. The van der Waals surface area contributed by atoms with Crippen LogP contribution in [0.2, 0.25) is 0 Å². The summed E-state index contributed by atoms with van der Waals surface area (Å²) in [6, 6.07) is 3.51. The number of aromatic nitrogens is 5. The average molecular weight is 240 g/mol. The Balaban J connectivity index is 2.03. The van der Waals surface area contributed by atoms with E-state index in [1.54, 1.807) is 36.9 Å². The molecule has 3 heterocycles. The lowest BCUT2D eigenvalue weighted by atomic mass is 10.2. The molecule has 88 valence electrons. The Morgan fingerprint density at radius 3 is 2.67 bits per heavy atom. The van der Waals surface area contributed by atoms with Crippen molar-refractivity contribution in [3.8, 4) is 23.0 Å². The van der Waals surface area contributed by atoms with Crippen LogP contribution in [0.25, 0.3) is 23.0 Å². The Morgan fingerprint density at radius 1 is 1.00 bits per heavy atom. The number of nitrogens with zero attached hydrogens (tertiary/aromatic N) is 5. The van der Waals surface area contributed by atoms with Crippen molar-refractivity contribution in [1.29, 1.82) is 0 Å². The fourth-order valence-electron chi connectivity index (χ4n) is 1.44. The third kappa shape index (κ3) is 1.77. The van der Waals surface area contributed by atoms with Gasteiger partial charge in [-0.2, -0.15) is 0 Å². The van der Waals surface area contributed by atoms with Crippen molar-refractivity contribution >= 4 is 5.82 Å². The van der Waals surface area contributed by atoms with Crippen molar-refractivity contribution in [1.82, 2.24) is 25.1 Å². The van der Waals surface area contributed by atoms with E-state index in [1.807, 2.05) is 0 Å². The molecule has 0 saturated carbocycles. The maximum Gasteiger partial charge on any atom is 0.268 e. The van der Waals surface area contributed by atoms with E-state index in [0.717, 1.165) is 0 Å². The van der Waals surface area contributed by atoms with Gasteiger partial charge in [-0.25, -0.2) is 9.97 Å². The lowest BCUT2D eigenvalue weighted by Gasteiger charge is -1.97. The van der Waals surface area contributed by atoms with Gasteiger partial charge in [-0.05, 0) is 12.1 Å². The van der Waals surface area contributed by atoms with Crippen molar-refractivity contribution in [2.75, 3.05) is 5.73 Å². The number of nitrogen functional groups attached to an aromatic ring is 1. The van der Waals surface area contributed by atoms with E-state index < -0.39 is 0 Å². The number of nitrogens with two attached hydrogens (primary N) is 1. The van der Waals surface area contributed by atoms with Gasteiger partial charge in [-0.1, -0.05) is 0 Å². The van der Waals surface area contributed by atoms with Gasteiger partial charge in [-0.15, -0.1) is 10.2 Å². The standard InChI is InChI=1S/C11H8N6O/c12-9-7(2-1-3-15-9)10-16-17-11(18-10)8-6-13-4-5-14-8/h1-6H,(H2,12,15). The average Bonchev–Trinajstić information content (AvgIpc) is 2.90. The van der Waals surface area contributed by atoms with Gasteiger partial charge in [0.15, 0.2) is 0 Å². The highest BCUT2D eigenvalue weighted by atomic mass is 16.4. The minimum Gasteiger partial charge on any atom is -0.414 e. The maximum absolute atomic E-state index is 5.73. The van der Waals surface area contributed by atoms with E-state index >= 15 is 0 Å². The smallest absolute Gasteiger partial charge is 0.268 e. The quantitative estimate of drug-likeness (QED) is 0.716. The van der Waals surface area contributed by atoms with E-state index in [-0.39, 0.29) is 0 Å². The van der Waals surface area contributed by atoms with Crippen molar-refractivity contribution in [2.45, 2.75) is 0 Å². The first-order chi connectivity index (χ1) is 8.84. The molecule has 0 amide bonds. The summed E-state index contributed by atoms with van der Waals surface area (Å²) in [7, 11) is 0. The molecule has 0 aliphatic rings. The third-order valence-corrected chi connectivity index (χ3v) is 2.28. The van der Waals surface area contributed by atoms with Crippen molar-refractivity contribution in [3.63, 3.8) is 0 Å². The molecule has 3 rings (SSSR count). The molecule has 0 radical (unpaired) electrons. The zero-order valence-electron chi connectivity index (χ0n) is 9.19. The fraction of sp³-hybridized carbons (Fsp3) is 0. The Kier molecular flexibility index (Phi) is 2.41. The largest absolute Gasteiger partial charge is 0.414 e. The van der Waals surface area contributed by atoms with Crippen LogP contribution in [-0.4, -0.2) is 25.1 Å². The Hall–Kier alpha value is -2.83. The number of rotatable bonds is 2. The second-order valence-corrected chi connectivity index (χ2v) is 3.44. The SMILES string of the molecule is Nc1ncccc1-c1nnc(-c2cnccn2)o1. The Morgan fingerprint density at radius 2 is 1.89 bits per heavy atom. The number of hydrogen-bond acceptors (Lipinski definition) is 7. The van der Waals surface area contributed by atoms with E-state index in [1.165, 1.54) is 0 Å². The highest BCUT2D eigenvalue weighted by Crippen LogP contribution is 2.24. The first-order valence-corrected chi connectivity index (χ1v) is 5.15. The van der Waals surface area contributed by atoms with Gasteiger partial charge in [0.25, 0.3) is 11.8 Å². The highest BCUT2D eigenvalue weighted by Gasteiger charge is 2.13. The second kappa shape index (κ2) is 4.21. The van der Waals surface area contributed by atoms with Crippen LogP contribution >= 0.6 is 0 Å². The molecule has 0 fully saturated rings. The molecule has 0 aromatic carbocycles. The number of hydrogen-bond donors (Lipinski definition) is 1. The van der Waals surface area contributed by atoms with Gasteiger partial charge in [0.1, 0.15) is 11.5 Å². The summed E-state index contributed by atoms with van der Waals surface area (Å²) >= 11 is 0. The summed E-state index contributed by atoms with van der Waals surface area (Å²) in [5.41, 5.74) is 6.84. The van der Waals surface area contributed by atoms with Gasteiger partial charge in [0, 0.05) is 18.6 Å². The van der Waals surface area contributed by atoms with Gasteiger partial charge in [0.05, 0.1) is 11.8 Å². The molecular weight excluding hydrogens is 232 g/mol. The van der Waals surface area contributed by atoms with Crippen LogP contribution in [0.1, 0.15) is 0 Å². The lowest BCUT2D eigenvalue weighted by Crippen LogP contribution is -1.92. The van der Waals surface area contributed by atoms with Gasteiger partial charge < -0.3 is 10.2 Å². The fourth-order valence-corrected chi connectivity index (χ4v) is 1.44. The lowest BCUT2D eigenvalue weighted by molar-refractivity contribution is 0.581. The number of anilines is 1. The molecule has 0 saturated heterocycles. The van der Waals surface area contributed by atoms with Gasteiger partial charge in [-0.3, -0.25) is 4.98 Å². The molecule has 7 nitrogen and oxygen atoms in total. The van der Waals surface area contributed by atoms with Crippen molar-refractivity contribution < 1.29 is 4.42 Å². The van der Waals surface area contributed by atoms with Crippen LogP contribution in [0.15, 0.2) is 41.3 Å². The molecular formula is C11H8N6O. The summed E-state index contributed by atoms with van der Waals surface area (Å²) < 4.78 is 5.49. The zero-order valence-corrected chi connectivity index (χ0v) is 9.19. The van der Waals surface area contributed by atoms with Crippen LogP contribution in [0, 0.1) is 0 Å². The molecule has 3 aromatic rings. The van der Waals surface area contributed by atoms with Crippen molar-refractivity contribution in [2.24, 2.45) is 0 Å². The first kappa shape index (κ1) is 10.3. The minimum absolute atomic E-state index is 0.293. The van der Waals surface area contributed by atoms with E-state index in [9.17, 15) is 0 Å². The first-order valence-electron chi connectivity index (χ1n) is 5.15. The maximum atomic E-state index is 5.73. The Labute approximate surface area is 102 Å². The molecule has 0 atom stereocenters. The summed E-state index contributed by atoms with van der Waals surface area (Å²) in [4.78, 5) is 12.0. The molecule has 0 unspecified atom stereocenters. The summed E-state index contributed by atoms with van der Waals surface area (Å²) in [5.74, 6) is 0.939. The topological polar surface area (TPSA) is 104 Å². The molecule has 2 N–H and O–H groups in total.